The SMILES string of the molecule is CN1CCC(C(=O)Nc2ccc(CCNC(=O)O)cc2)CC1. The molecule has 6 nitrogen and oxygen atoms in total. The van der Waals surface area contributed by atoms with Crippen molar-refractivity contribution >= 4 is 17.7 Å². The molecule has 1 heterocycles. The van der Waals surface area contributed by atoms with E-state index in [0.29, 0.717) is 13.0 Å². The Kier molecular flexibility index (Phi) is 5.77. The first kappa shape index (κ1) is 16.3. The van der Waals surface area contributed by atoms with Gasteiger partial charge in [0.2, 0.25) is 5.91 Å². The number of hydrogen-bond acceptors (Lipinski definition) is 3. The Labute approximate surface area is 130 Å². The van der Waals surface area contributed by atoms with Crippen LogP contribution >= 0.6 is 0 Å². The highest BCUT2D eigenvalue weighted by molar-refractivity contribution is 5.92. The maximum Gasteiger partial charge on any atom is 0.404 e. The second-order valence-corrected chi connectivity index (χ2v) is 5.75. The molecule has 0 atom stereocenters. The van der Waals surface area contributed by atoms with E-state index in [0.717, 1.165) is 37.2 Å². The molecule has 0 aliphatic carbocycles. The largest absolute Gasteiger partial charge is 0.465 e. The Balaban J connectivity index is 1.80. The summed E-state index contributed by atoms with van der Waals surface area (Å²) in [6.07, 6.45) is 1.43. The molecule has 0 radical (unpaired) electrons. The molecular weight excluding hydrogens is 282 g/mol. The van der Waals surface area contributed by atoms with E-state index in [9.17, 15) is 9.59 Å². The van der Waals surface area contributed by atoms with Gasteiger partial charge in [0.1, 0.15) is 0 Å². The van der Waals surface area contributed by atoms with Crippen LogP contribution in [0.3, 0.4) is 0 Å². The lowest BCUT2D eigenvalue weighted by atomic mass is 9.96. The molecule has 0 saturated carbocycles. The van der Waals surface area contributed by atoms with Gasteiger partial charge in [-0.2, -0.15) is 0 Å². The first-order valence-corrected chi connectivity index (χ1v) is 7.60. The Morgan fingerprint density at radius 1 is 1.23 bits per heavy atom. The zero-order chi connectivity index (χ0) is 15.9. The summed E-state index contributed by atoms with van der Waals surface area (Å²) < 4.78 is 0. The molecular formula is C16H23N3O3. The van der Waals surface area contributed by atoms with Crippen LogP contribution in [0.4, 0.5) is 10.5 Å². The molecule has 2 rings (SSSR count). The van der Waals surface area contributed by atoms with Crippen molar-refractivity contribution < 1.29 is 14.7 Å². The number of hydrogen-bond donors (Lipinski definition) is 3. The van der Waals surface area contributed by atoms with Gasteiger partial charge in [0.15, 0.2) is 0 Å². The highest BCUT2D eigenvalue weighted by Gasteiger charge is 2.23. The second kappa shape index (κ2) is 7.79. The maximum atomic E-state index is 12.2. The molecule has 1 aliphatic rings. The third-order valence-corrected chi connectivity index (χ3v) is 4.00. The van der Waals surface area contributed by atoms with Crippen molar-refractivity contribution in [2.24, 2.45) is 5.92 Å². The Hall–Kier alpha value is -2.08. The summed E-state index contributed by atoms with van der Waals surface area (Å²) in [6, 6.07) is 7.55. The van der Waals surface area contributed by atoms with Crippen molar-refractivity contribution in [2.75, 3.05) is 32.0 Å². The minimum atomic E-state index is -1.01. The van der Waals surface area contributed by atoms with Gasteiger partial charge in [0, 0.05) is 18.2 Å². The molecule has 6 heteroatoms. The van der Waals surface area contributed by atoms with E-state index in [1.54, 1.807) is 0 Å². The molecule has 0 spiro atoms. The minimum absolute atomic E-state index is 0.0911. The lowest BCUT2D eigenvalue weighted by Gasteiger charge is -2.28. The first-order chi connectivity index (χ1) is 10.5. The molecule has 22 heavy (non-hydrogen) atoms. The zero-order valence-corrected chi connectivity index (χ0v) is 12.8. The standard InChI is InChI=1S/C16H23N3O3/c1-19-10-7-13(8-11-19)15(20)18-14-4-2-12(3-5-14)6-9-17-16(21)22/h2-5,13,17H,6-11H2,1H3,(H,18,20)(H,21,22). The third kappa shape index (κ3) is 5.04. The molecule has 120 valence electrons. The number of carbonyl (C=O) groups excluding carboxylic acids is 1. The van der Waals surface area contributed by atoms with Crippen LogP contribution in [0, 0.1) is 5.92 Å². The molecule has 0 aromatic heterocycles. The number of carboxylic acid groups (broad SMARTS) is 1. The van der Waals surface area contributed by atoms with E-state index >= 15 is 0 Å². The zero-order valence-electron chi connectivity index (χ0n) is 12.8. The quantitative estimate of drug-likeness (QED) is 0.774. The topological polar surface area (TPSA) is 81.7 Å². The molecule has 2 amide bonds. The van der Waals surface area contributed by atoms with E-state index in [1.807, 2.05) is 24.3 Å². The van der Waals surface area contributed by atoms with E-state index < -0.39 is 6.09 Å². The van der Waals surface area contributed by atoms with Crippen LogP contribution in [-0.4, -0.2) is 48.7 Å². The predicted molar refractivity (Wildman–Crippen MR) is 85.0 cm³/mol. The second-order valence-electron chi connectivity index (χ2n) is 5.75. The van der Waals surface area contributed by atoms with Crippen LogP contribution in [0.15, 0.2) is 24.3 Å². The maximum absolute atomic E-state index is 12.2. The number of anilines is 1. The Morgan fingerprint density at radius 2 is 1.86 bits per heavy atom. The number of likely N-dealkylation sites (tertiary alicyclic amines) is 1. The summed E-state index contributed by atoms with van der Waals surface area (Å²) >= 11 is 0. The van der Waals surface area contributed by atoms with Gasteiger partial charge in [-0.05, 0) is 57.1 Å². The number of piperidine rings is 1. The predicted octanol–water partition coefficient (Wildman–Crippen LogP) is 1.78. The molecule has 0 bridgehead atoms. The van der Waals surface area contributed by atoms with Crippen LogP contribution in [0.25, 0.3) is 0 Å². The summed E-state index contributed by atoms with van der Waals surface area (Å²) in [6.45, 7) is 2.32. The van der Waals surface area contributed by atoms with E-state index in [1.165, 1.54) is 0 Å². The third-order valence-electron chi connectivity index (χ3n) is 4.00. The molecule has 1 aliphatic heterocycles. The first-order valence-electron chi connectivity index (χ1n) is 7.60. The molecule has 1 fully saturated rings. The van der Waals surface area contributed by atoms with Crippen LogP contribution in [0.1, 0.15) is 18.4 Å². The van der Waals surface area contributed by atoms with Gasteiger partial charge in [-0.3, -0.25) is 4.79 Å². The fourth-order valence-electron chi connectivity index (χ4n) is 2.58. The minimum Gasteiger partial charge on any atom is -0.465 e. The number of nitrogens with zero attached hydrogens (tertiary/aromatic N) is 1. The van der Waals surface area contributed by atoms with Gasteiger partial charge in [-0.1, -0.05) is 12.1 Å². The molecule has 1 saturated heterocycles. The lowest BCUT2D eigenvalue weighted by molar-refractivity contribution is -0.121. The Bertz CT molecular complexity index is 508. The van der Waals surface area contributed by atoms with Gasteiger partial charge < -0.3 is 20.6 Å². The van der Waals surface area contributed by atoms with Crippen molar-refractivity contribution in [3.63, 3.8) is 0 Å². The number of benzene rings is 1. The van der Waals surface area contributed by atoms with Crippen molar-refractivity contribution in [1.29, 1.82) is 0 Å². The van der Waals surface area contributed by atoms with Gasteiger partial charge in [0.05, 0.1) is 0 Å². The number of nitrogens with one attached hydrogen (secondary N) is 2. The number of carbonyl (C=O) groups is 2. The molecule has 1 aromatic carbocycles. The summed E-state index contributed by atoms with van der Waals surface area (Å²) in [5.74, 6) is 0.184. The van der Waals surface area contributed by atoms with Crippen molar-refractivity contribution in [2.45, 2.75) is 19.3 Å². The molecule has 3 N–H and O–H groups in total. The van der Waals surface area contributed by atoms with Gasteiger partial charge in [0.25, 0.3) is 0 Å². The molecule has 1 aromatic rings. The van der Waals surface area contributed by atoms with Crippen LogP contribution in [-0.2, 0) is 11.2 Å². The summed E-state index contributed by atoms with van der Waals surface area (Å²) in [4.78, 5) is 24.8. The number of amides is 2. The average Bonchev–Trinajstić information content (AvgIpc) is 2.49. The molecule has 0 unspecified atom stereocenters. The number of rotatable bonds is 5. The summed E-state index contributed by atoms with van der Waals surface area (Å²) in [7, 11) is 2.08. The average molecular weight is 305 g/mol. The van der Waals surface area contributed by atoms with Gasteiger partial charge in [-0.15, -0.1) is 0 Å². The fraction of sp³-hybridized carbons (Fsp3) is 0.500. The van der Waals surface area contributed by atoms with E-state index in [-0.39, 0.29) is 11.8 Å². The monoisotopic (exact) mass is 305 g/mol. The van der Waals surface area contributed by atoms with Crippen molar-refractivity contribution in [3.8, 4) is 0 Å². The highest BCUT2D eigenvalue weighted by Crippen LogP contribution is 2.19. The van der Waals surface area contributed by atoms with E-state index in [2.05, 4.69) is 22.6 Å². The van der Waals surface area contributed by atoms with Crippen LogP contribution < -0.4 is 10.6 Å². The summed E-state index contributed by atoms with van der Waals surface area (Å²) in [5, 5.41) is 13.8. The van der Waals surface area contributed by atoms with Crippen LogP contribution in [0.5, 0.6) is 0 Å². The van der Waals surface area contributed by atoms with Crippen LogP contribution in [0.2, 0.25) is 0 Å². The van der Waals surface area contributed by atoms with Crippen molar-refractivity contribution in [1.82, 2.24) is 10.2 Å². The summed E-state index contributed by atoms with van der Waals surface area (Å²) in [5.41, 5.74) is 1.82. The highest BCUT2D eigenvalue weighted by atomic mass is 16.4. The fourth-order valence-corrected chi connectivity index (χ4v) is 2.58. The lowest BCUT2D eigenvalue weighted by Crippen LogP contribution is -2.35. The van der Waals surface area contributed by atoms with Crippen molar-refractivity contribution in [3.05, 3.63) is 29.8 Å². The van der Waals surface area contributed by atoms with E-state index in [4.69, 9.17) is 5.11 Å². The smallest absolute Gasteiger partial charge is 0.404 e. The van der Waals surface area contributed by atoms with Gasteiger partial charge >= 0.3 is 6.09 Å². The normalized spacial score (nSPS) is 16.2. The Morgan fingerprint density at radius 3 is 2.45 bits per heavy atom. The van der Waals surface area contributed by atoms with Gasteiger partial charge in [-0.25, -0.2) is 4.79 Å².